The van der Waals surface area contributed by atoms with Crippen LogP contribution in [0, 0.1) is 5.92 Å². The van der Waals surface area contributed by atoms with Crippen molar-refractivity contribution in [2.45, 2.75) is 50.7 Å². The van der Waals surface area contributed by atoms with E-state index < -0.39 is 0 Å². The highest BCUT2D eigenvalue weighted by molar-refractivity contribution is 5.94. The summed E-state index contributed by atoms with van der Waals surface area (Å²) in [5.41, 5.74) is 1.96. The van der Waals surface area contributed by atoms with E-state index in [1.54, 1.807) is 7.11 Å². The lowest BCUT2D eigenvalue weighted by molar-refractivity contribution is -0.117. The summed E-state index contributed by atoms with van der Waals surface area (Å²) in [7, 11) is 1.79. The summed E-state index contributed by atoms with van der Waals surface area (Å²) in [6, 6.07) is 8.48. The van der Waals surface area contributed by atoms with E-state index in [0.717, 1.165) is 37.1 Å². The first kappa shape index (κ1) is 14.4. The van der Waals surface area contributed by atoms with Crippen molar-refractivity contribution in [3.05, 3.63) is 24.3 Å². The molecule has 4 nitrogen and oxygen atoms in total. The minimum absolute atomic E-state index is 0.157. The fourth-order valence-electron chi connectivity index (χ4n) is 3.00. The topological polar surface area (TPSA) is 50.4 Å². The molecule has 21 heavy (non-hydrogen) atoms. The van der Waals surface area contributed by atoms with Crippen LogP contribution >= 0.6 is 0 Å². The van der Waals surface area contributed by atoms with Crippen LogP contribution in [-0.2, 0) is 9.53 Å². The molecule has 0 saturated heterocycles. The lowest BCUT2D eigenvalue weighted by Gasteiger charge is -2.29. The smallest absolute Gasteiger partial charge is 0.227 e. The van der Waals surface area contributed by atoms with Crippen molar-refractivity contribution in [1.29, 1.82) is 0 Å². The van der Waals surface area contributed by atoms with Gasteiger partial charge in [-0.3, -0.25) is 4.79 Å². The number of carbonyl (C=O) groups excluding carboxylic acids is 1. The van der Waals surface area contributed by atoms with Gasteiger partial charge in [-0.2, -0.15) is 0 Å². The molecule has 0 radical (unpaired) electrons. The van der Waals surface area contributed by atoms with Gasteiger partial charge >= 0.3 is 0 Å². The number of hydrogen-bond donors (Lipinski definition) is 2. The summed E-state index contributed by atoms with van der Waals surface area (Å²) >= 11 is 0. The number of rotatable bonds is 5. The van der Waals surface area contributed by atoms with E-state index in [1.165, 1.54) is 12.8 Å². The third kappa shape index (κ3) is 3.97. The highest BCUT2D eigenvalue weighted by atomic mass is 16.5. The molecule has 1 aromatic carbocycles. The van der Waals surface area contributed by atoms with E-state index in [-0.39, 0.29) is 11.8 Å². The van der Waals surface area contributed by atoms with Crippen molar-refractivity contribution < 1.29 is 9.53 Å². The molecule has 2 saturated carbocycles. The van der Waals surface area contributed by atoms with Gasteiger partial charge < -0.3 is 15.4 Å². The molecule has 4 heteroatoms. The van der Waals surface area contributed by atoms with Gasteiger partial charge in [0, 0.05) is 30.4 Å². The number of ether oxygens (including phenoxy) is 1. The van der Waals surface area contributed by atoms with E-state index >= 15 is 0 Å². The highest BCUT2D eigenvalue weighted by Crippen LogP contribution is 2.30. The second-order valence-corrected chi connectivity index (χ2v) is 6.21. The third-order valence-electron chi connectivity index (χ3n) is 4.41. The second kappa shape index (κ2) is 6.48. The molecule has 0 aromatic heterocycles. The van der Waals surface area contributed by atoms with Gasteiger partial charge in [0.25, 0.3) is 0 Å². The van der Waals surface area contributed by atoms with E-state index in [9.17, 15) is 4.79 Å². The van der Waals surface area contributed by atoms with Crippen LogP contribution < -0.4 is 10.6 Å². The van der Waals surface area contributed by atoms with Gasteiger partial charge in [-0.15, -0.1) is 0 Å². The predicted molar refractivity (Wildman–Crippen MR) is 84.5 cm³/mol. The molecule has 2 fully saturated rings. The Kier molecular flexibility index (Phi) is 4.44. The van der Waals surface area contributed by atoms with Crippen molar-refractivity contribution in [3.8, 4) is 0 Å². The van der Waals surface area contributed by atoms with E-state index in [4.69, 9.17) is 4.74 Å². The Morgan fingerprint density at radius 2 is 2.00 bits per heavy atom. The fraction of sp³-hybridized carbons (Fsp3) is 0.588. The first-order valence-electron chi connectivity index (χ1n) is 7.95. The Hall–Kier alpha value is -1.55. The van der Waals surface area contributed by atoms with Gasteiger partial charge in [0.15, 0.2) is 0 Å². The van der Waals surface area contributed by atoms with Gasteiger partial charge in [0.2, 0.25) is 5.91 Å². The van der Waals surface area contributed by atoms with Crippen molar-refractivity contribution in [3.63, 3.8) is 0 Å². The molecule has 0 heterocycles. The number of hydrogen-bond acceptors (Lipinski definition) is 3. The fourth-order valence-corrected chi connectivity index (χ4v) is 3.00. The van der Waals surface area contributed by atoms with Crippen LogP contribution in [0.1, 0.15) is 38.5 Å². The summed E-state index contributed by atoms with van der Waals surface area (Å²) in [6.07, 6.45) is 7.02. The zero-order valence-corrected chi connectivity index (χ0v) is 12.6. The van der Waals surface area contributed by atoms with Gasteiger partial charge in [-0.1, -0.05) is 6.07 Å². The molecule has 2 atom stereocenters. The van der Waals surface area contributed by atoms with Crippen molar-refractivity contribution in [2.75, 3.05) is 17.7 Å². The van der Waals surface area contributed by atoms with E-state index in [2.05, 4.69) is 16.7 Å². The maximum atomic E-state index is 11.8. The number of methoxy groups -OCH3 is 1. The second-order valence-electron chi connectivity index (χ2n) is 6.21. The largest absolute Gasteiger partial charge is 0.382 e. The zero-order valence-electron chi connectivity index (χ0n) is 12.6. The Morgan fingerprint density at radius 3 is 2.76 bits per heavy atom. The molecular formula is C17H24N2O2. The Bertz CT molecular complexity index is 499. The molecule has 1 amide bonds. The number of benzene rings is 1. The quantitative estimate of drug-likeness (QED) is 0.873. The number of nitrogens with one attached hydrogen (secondary N) is 2. The summed E-state index contributed by atoms with van der Waals surface area (Å²) in [5, 5.41) is 6.57. The molecule has 2 N–H and O–H groups in total. The van der Waals surface area contributed by atoms with Crippen LogP contribution in [-0.4, -0.2) is 25.2 Å². The molecule has 0 aliphatic heterocycles. The lowest BCUT2D eigenvalue weighted by atomic mass is 9.92. The molecule has 114 valence electrons. The van der Waals surface area contributed by atoms with Gasteiger partial charge in [0.05, 0.1) is 6.10 Å². The molecule has 1 aromatic rings. The summed E-state index contributed by atoms with van der Waals surface area (Å²) in [5.74, 6) is 0.395. The van der Waals surface area contributed by atoms with Gasteiger partial charge in [-0.25, -0.2) is 0 Å². The highest BCUT2D eigenvalue weighted by Gasteiger charge is 2.29. The normalized spacial score (nSPS) is 25.4. The predicted octanol–water partition coefficient (Wildman–Crippen LogP) is 3.40. The average molecular weight is 288 g/mol. The number of amides is 1. The summed E-state index contributed by atoms with van der Waals surface area (Å²) in [4.78, 5) is 11.8. The molecular weight excluding hydrogens is 264 g/mol. The Balaban J connectivity index is 1.58. The number of anilines is 2. The van der Waals surface area contributed by atoms with Crippen LogP contribution in [0.4, 0.5) is 11.4 Å². The Labute approximate surface area is 126 Å². The molecule has 2 aliphatic rings. The minimum Gasteiger partial charge on any atom is -0.382 e. The van der Waals surface area contributed by atoms with E-state index in [1.807, 2.05) is 18.2 Å². The van der Waals surface area contributed by atoms with Gasteiger partial charge in [-0.05, 0) is 56.7 Å². The summed E-state index contributed by atoms with van der Waals surface area (Å²) in [6.45, 7) is 0. The molecule has 3 rings (SSSR count). The standard InChI is InChI=1S/C17H24N2O2/c1-21-16-7-3-6-15(11-16)18-13-4-2-5-14(10-13)19-17(20)12-8-9-12/h2,4-5,10,12,15-16,18H,3,6-9,11H2,1H3,(H,19,20). The third-order valence-corrected chi connectivity index (χ3v) is 4.41. The summed E-state index contributed by atoms with van der Waals surface area (Å²) < 4.78 is 5.47. The zero-order chi connectivity index (χ0) is 14.7. The van der Waals surface area contributed by atoms with Crippen molar-refractivity contribution >= 4 is 17.3 Å². The van der Waals surface area contributed by atoms with E-state index in [0.29, 0.717) is 12.1 Å². The first-order valence-corrected chi connectivity index (χ1v) is 7.95. The minimum atomic E-state index is 0.157. The van der Waals surface area contributed by atoms with Crippen molar-refractivity contribution in [2.24, 2.45) is 5.92 Å². The maximum absolute atomic E-state index is 11.8. The Morgan fingerprint density at radius 1 is 1.19 bits per heavy atom. The first-order chi connectivity index (χ1) is 10.2. The molecule has 2 aliphatic carbocycles. The van der Waals surface area contributed by atoms with Crippen LogP contribution in [0.25, 0.3) is 0 Å². The van der Waals surface area contributed by atoms with Crippen molar-refractivity contribution in [1.82, 2.24) is 0 Å². The SMILES string of the molecule is COC1CCCC(Nc2cccc(NC(=O)C3CC3)c2)C1. The lowest BCUT2D eigenvalue weighted by Crippen LogP contribution is -2.31. The maximum Gasteiger partial charge on any atom is 0.227 e. The van der Waals surface area contributed by atoms with Gasteiger partial charge in [0.1, 0.15) is 0 Å². The monoisotopic (exact) mass is 288 g/mol. The van der Waals surface area contributed by atoms with Crippen LogP contribution in [0.2, 0.25) is 0 Å². The number of carbonyl (C=O) groups is 1. The van der Waals surface area contributed by atoms with Crippen LogP contribution in [0.15, 0.2) is 24.3 Å². The van der Waals surface area contributed by atoms with Crippen LogP contribution in [0.3, 0.4) is 0 Å². The van der Waals surface area contributed by atoms with Crippen LogP contribution in [0.5, 0.6) is 0 Å². The average Bonchev–Trinajstić information content (AvgIpc) is 3.32. The molecule has 0 bridgehead atoms. The molecule has 0 spiro atoms. The molecule has 2 unspecified atom stereocenters.